The second-order valence-electron chi connectivity index (χ2n) is 9.65. The van der Waals surface area contributed by atoms with Gasteiger partial charge in [-0.3, -0.25) is 9.88 Å². The molecule has 0 unspecified atom stereocenters. The first-order chi connectivity index (χ1) is 20.9. The second kappa shape index (κ2) is 14.6. The number of hydrazone groups is 1. The Bertz CT molecular complexity index is 1620. The summed E-state index contributed by atoms with van der Waals surface area (Å²) >= 11 is 8.57. The number of nitrogens with two attached hydrogens (primary N) is 1. The Balaban J connectivity index is 1.29. The Kier molecular flexibility index (Phi) is 10.4. The van der Waals surface area contributed by atoms with E-state index in [1.807, 2.05) is 30.3 Å². The first-order valence-corrected chi connectivity index (χ1v) is 14.9. The van der Waals surface area contributed by atoms with Crippen molar-refractivity contribution in [2.75, 3.05) is 51.6 Å². The van der Waals surface area contributed by atoms with E-state index in [9.17, 15) is 0 Å². The number of hydrogen-bond acceptors (Lipinski definition) is 8. The zero-order valence-corrected chi connectivity index (χ0v) is 25.9. The number of halogens is 2. The lowest BCUT2D eigenvalue weighted by Crippen LogP contribution is -2.37. The van der Waals surface area contributed by atoms with Gasteiger partial charge in [-0.25, -0.2) is 9.40 Å². The molecule has 4 aromatic rings. The quantitative estimate of drug-likeness (QED) is 0.0878. The smallest absolute Gasteiger partial charge is 0.191 e. The molecule has 2 heterocycles. The standard InChI is InChI=1S/C31H31BrFN5O4S/c1-39-29-18-24-26(19-30(29)41-13-3-10-37-11-14-40-15-12-37)35-9-8-27(24)42-28-7-6-21(16-25(28)33)20-36-38(31(34)43)23-5-2-4-22(32)17-23/h2,4-9,16-20H,3,10-15H2,1H3,(H2,34,43). The molecule has 0 radical (unpaired) electrons. The fourth-order valence-electron chi connectivity index (χ4n) is 4.57. The van der Waals surface area contributed by atoms with E-state index in [-0.39, 0.29) is 10.9 Å². The summed E-state index contributed by atoms with van der Waals surface area (Å²) in [6.07, 6.45) is 3.96. The molecule has 2 N–H and O–H groups in total. The van der Waals surface area contributed by atoms with Crippen LogP contribution in [0.2, 0.25) is 0 Å². The van der Waals surface area contributed by atoms with Gasteiger partial charge in [0.25, 0.3) is 0 Å². The average molecular weight is 669 g/mol. The van der Waals surface area contributed by atoms with E-state index in [4.69, 9.17) is 36.9 Å². The molecule has 0 saturated carbocycles. The molecule has 0 amide bonds. The Morgan fingerprint density at radius 1 is 1.12 bits per heavy atom. The highest BCUT2D eigenvalue weighted by Crippen LogP contribution is 2.37. The van der Waals surface area contributed by atoms with Gasteiger partial charge in [-0.2, -0.15) is 5.10 Å². The van der Waals surface area contributed by atoms with Crippen LogP contribution >= 0.6 is 28.1 Å². The number of anilines is 1. The van der Waals surface area contributed by atoms with Crippen LogP contribution in [-0.4, -0.2) is 67.8 Å². The molecule has 1 aliphatic heterocycles. The average Bonchev–Trinajstić information content (AvgIpc) is 3.01. The minimum absolute atomic E-state index is 0.0465. The largest absolute Gasteiger partial charge is 0.493 e. The lowest BCUT2D eigenvalue weighted by Gasteiger charge is -2.26. The zero-order valence-electron chi connectivity index (χ0n) is 23.5. The third-order valence-electron chi connectivity index (χ3n) is 6.73. The van der Waals surface area contributed by atoms with Crippen LogP contribution in [0.25, 0.3) is 10.9 Å². The molecule has 0 atom stereocenters. The number of methoxy groups -OCH3 is 1. The van der Waals surface area contributed by atoms with Gasteiger partial charge < -0.3 is 24.7 Å². The predicted octanol–water partition coefficient (Wildman–Crippen LogP) is 6.12. The van der Waals surface area contributed by atoms with Crippen molar-refractivity contribution in [1.82, 2.24) is 9.88 Å². The predicted molar refractivity (Wildman–Crippen MR) is 173 cm³/mol. The third-order valence-corrected chi connectivity index (χ3v) is 7.39. The van der Waals surface area contributed by atoms with E-state index in [0.29, 0.717) is 46.0 Å². The van der Waals surface area contributed by atoms with Gasteiger partial charge in [-0.15, -0.1) is 0 Å². The number of nitrogens with zero attached hydrogens (tertiary/aromatic N) is 4. The molecule has 1 fully saturated rings. The van der Waals surface area contributed by atoms with Crippen molar-refractivity contribution in [2.24, 2.45) is 10.8 Å². The molecule has 9 nitrogen and oxygen atoms in total. The second-order valence-corrected chi connectivity index (χ2v) is 11.0. The van der Waals surface area contributed by atoms with Crippen LogP contribution in [0.1, 0.15) is 12.0 Å². The Hall–Kier alpha value is -3.84. The van der Waals surface area contributed by atoms with Crippen molar-refractivity contribution in [2.45, 2.75) is 6.42 Å². The van der Waals surface area contributed by atoms with Gasteiger partial charge in [-0.1, -0.05) is 22.0 Å². The van der Waals surface area contributed by atoms with Crippen molar-refractivity contribution in [3.63, 3.8) is 0 Å². The molecule has 43 heavy (non-hydrogen) atoms. The summed E-state index contributed by atoms with van der Waals surface area (Å²) < 4.78 is 39.1. The van der Waals surface area contributed by atoms with E-state index < -0.39 is 5.82 Å². The summed E-state index contributed by atoms with van der Waals surface area (Å²) in [4.78, 5) is 6.83. The topological polar surface area (TPSA) is 94.7 Å². The van der Waals surface area contributed by atoms with Gasteiger partial charge in [0.15, 0.2) is 28.2 Å². The van der Waals surface area contributed by atoms with Gasteiger partial charge in [0.05, 0.1) is 44.3 Å². The fourth-order valence-corrected chi connectivity index (χ4v) is 5.11. The fraction of sp³-hybridized carbons (Fsp3) is 0.258. The summed E-state index contributed by atoms with van der Waals surface area (Å²) in [5, 5.41) is 6.45. The van der Waals surface area contributed by atoms with Crippen LogP contribution in [0.15, 0.2) is 76.4 Å². The first kappa shape index (κ1) is 30.6. The van der Waals surface area contributed by atoms with Crippen molar-refractivity contribution in [3.05, 3.63) is 82.7 Å². The number of benzene rings is 3. The normalized spacial score (nSPS) is 13.7. The van der Waals surface area contributed by atoms with Crippen molar-refractivity contribution in [3.8, 4) is 23.0 Å². The molecule has 3 aromatic carbocycles. The lowest BCUT2D eigenvalue weighted by atomic mass is 10.1. The maximum atomic E-state index is 15.2. The number of fused-ring (bicyclic) bond motifs is 1. The highest BCUT2D eigenvalue weighted by atomic mass is 79.9. The molecule has 1 saturated heterocycles. The highest BCUT2D eigenvalue weighted by Gasteiger charge is 2.15. The van der Waals surface area contributed by atoms with E-state index in [0.717, 1.165) is 43.7 Å². The Morgan fingerprint density at radius 3 is 2.70 bits per heavy atom. The van der Waals surface area contributed by atoms with E-state index >= 15 is 4.39 Å². The molecular weight excluding hydrogens is 637 g/mol. The van der Waals surface area contributed by atoms with Gasteiger partial charge in [-0.05, 0) is 72.7 Å². The summed E-state index contributed by atoms with van der Waals surface area (Å²) in [6.45, 7) is 4.90. The maximum absolute atomic E-state index is 15.2. The van der Waals surface area contributed by atoms with Crippen molar-refractivity contribution >= 4 is 56.1 Å². The lowest BCUT2D eigenvalue weighted by molar-refractivity contribution is 0.0357. The minimum Gasteiger partial charge on any atom is -0.493 e. The van der Waals surface area contributed by atoms with Crippen LogP contribution in [-0.2, 0) is 4.74 Å². The number of rotatable bonds is 11. The monoisotopic (exact) mass is 667 g/mol. The van der Waals surface area contributed by atoms with Crippen LogP contribution < -0.4 is 25.0 Å². The Morgan fingerprint density at radius 2 is 1.95 bits per heavy atom. The molecular formula is C31H31BrFN5O4S. The Labute approximate surface area is 263 Å². The summed E-state index contributed by atoms with van der Waals surface area (Å²) in [5.74, 6) is 1.04. The molecule has 5 rings (SSSR count). The maximum Gasteiger partial charge on any atom is 0.191 e. The third kappa shape index (κ3) is 7.96. The molecule has 0 bridgehead atoms. The number of ether oxygens (including phenoxy) is 4. The molecule has 0 spiro atoms. The van der Waals surface area contributed by atoms with E-state index in [1.165, 1.54) is 23.4 Å². The van der Waals surface area contributed by atoms with Crippen LogP contribution in [0, 0.1) is 5.82 Å². The molecule has 1 aliphatic rings. The molecule has 224 valence electrons. The highest BCUT2D eigenvalue weighted by molar-refractivity contribution is 9.10. The number of thiocarbonyl (C=S) groups is 1. The summed E-state index contributed by atoms with van der Waals surface area (Å²) in [6, 6.07) is 17.2. The first-order valence-electron chi connectivity index (χ1n) is 13.7. The SMILES string of the molecule is COc1cc2c(Oc3ccc(C=NN(C(N)=S)c4cccc(Br)c4)cc3F)ccnc2cc1OCCCN1CCOCC1. The zero-order chi connectivity index (χ0) is 30.2. The van der Waals surface area contributed by atoms with Gasteiger partial charge in [0.1, 0.15) is 5.75 Å². The van der Waals surface area contributed by atoms with Crippen LogP contribution in [0.4, 0.5) is 10.1 Å². The van der Waals surface area contributed by atoms with Gasteiger partial charge in [0.2, 0.25) is 0 Å². The number of morpholine rings is 1. The summed E-state index contributed by atoms with van der Waals surface area (Å²) in [7, 11) is 1.58. The molecule has 0 aliphatic carbocycles. The number of hydrogen-bond donors (Lipinski definition) is 1. The summed E-state index contributed by atoms with van der Waals surface area (Å²) in [5.41, 5.74) is 7.66. The van der Waals surface area contributed by atoms with Gasteiger partial charge >= 0.3 is 0 Å². The van der Waals surface area contributed by atoms with E-state index in [2.05, 4.69) is 30.9 Å². The van der Waals surface area contributed by atoms with E-state index in [1.54, 1.807) is 31.5 Å². The van der Waals surface area contributed by atoms with Crippen LogP contribution in [0.5, 0.6) is 23.0 Å². The van der Waals surface area contributed by atoms with Crippen LogP contribution in [0.3, 0.4) is 0 Å². The molecule has 12 heteroatoms. The minimum atomic E-state index is -0.564. The van der Waals surface area contributed by atoms with Crippen molar-refractivity contribution in [1.29, 1.82) is 0 Å². The number of pyridine rings is 1. The molecule has 1 aromatic heterocycles. The van der Waals surface area contributed by atoms with Crippen molar-refractivity contribution < 1.29 is 23.3 Å². The number of aromatic nitrogens is 1. The van der Waals surface area contributed by atoms with Gasteiger partial charge in [0, 0.05) is 41.8 Å².